The molecule has 1 aliphatic rings. The van der Waals surface area contributed by atoms with Crippen molar-refractivity contribution < 1.29 is 4.74 Å². The number of rotatable bonds is 4. The Hall–Kier alpha value is -0.450. The molecular weight excluding hydrogens is 208 g/mol. The lowest BCUT2D eigenvalue weighted by Crippen LogP contribution is -2.14. The molecule has 2 heterocycles. The van der Waals surface area contributed by atoms with Gasteiger partial charge in [-0.05, 0) is 32.6 Å². The van der Waals surface area contributed by atoms with Gasteiger partial charge in [0.05, 0.1) is 16.8 Å². The second-order valence-corrected chi connectivity index (χ2v) is 5.17. The maximum absolute atomic E-state index is 6.08. The van der Waals surface area contributed by atoms with Gasteiger partial charge in [-0.3, -0.25) is 0 Å². The van der Waals surface area contributed by atoms with Crippen LogP contribution < -0.4 is 5.73 Å². The molecule has 1 aromatic rings. The Labute approximate surface area is 94.7 Å². The molecule has 0 amide bonds. The molecule has 0 saturated carbocycles. The van der Waals surface area contributed by atoms with Gasteiger partial charge in [0.2, 0.25) is 0 Å². The molecule has 2 atom stereocenters. The fourth-order valence-electron chi connectivity index (χ4n) is 1.94. The van der Waals surface area contributed by atoms with E-state index in [0.717, 1.165) is 30.2 Å². The van der Waals surface area contributed by atoms with Crippen molar-refractivity contribution in [2.24, 2.45) is 5.73 Å². The van der Waals surface area contributed by atoms with Crippen LogP contribution in [0.15, 0.2) is 5.38 Å². The van der Waals surface area contributed by atoms with E-state index in [9.17, 15) is 0 Å². The lowest BCUT2D eigenvalue weighted by atomic mass is 10.1. The van der Waals surface area contributed by atoms with Gasteiger partial charge < -0.3 is 10.5 Å². The first kappa shape index (κ1) is 11.0. The summed E-state index contributed by atoms with van der Waals surface area (Å²) < 4.78 is 5.57. The standard InChI is InChI=1S/C11H18N2OS/c1-8-13-11(7-15-8)10(12)5-4-9-3-2-6-14-9/h7,9-10H,2-6,12H2,1H3. The number of aryl methyl sites for hydroxylation is 1. The smallest absolute Gasteiger partial charge is 0.0898 e. The Balaban J connectivity index is 1.79. The number of thiazole rings is 1. The summed E-state index contributed by atoms with van der Waals surface area (Å²) in [6.45, 7) is 2.94. The molecule has 84 valence electrons. The van der Waals surface area contributed by atoms with Crippen molar-refractivity contribution in [2.75, 3.05) is 6.61 Å². The van der Waals surface area contributed by atoms with Crippen molar-refractivity contribution in [3.8, 4) is 0 Å². The first-order chi connectivity index (χ1) is 7.25. The van der Waals surface area contributed by atoms with E-state index in [1.165, 1.54) is 12.8 Å². The Morgan fingerprint density at radius 3 is 3.20 bits per heavy atom. The fourth-order valence-corrected chi connectivity index (χ4v) is 2.61. The molecule has 2 unspecified atom stereocenters. The van der Waals surface area contributed by atoms with Crippen LogP contribution in [0.5, 0.6) is 0 Å². The van der Waals surface area contributed by atoms with Gasteiger partial charge in [0, 0.05) is 18.0 Å². The molecular formula is C11H18N2OS. The highest BCUT2D eigenvalue weighted by Crippen LogP contribution is 2.23. The van der Waals surface area contributed by atoms with Crippen LogP contribution in [0.2, 0.25) is 0 Å². The van der Waals surface area contributed by atoms with Gasteiger partial charge in [0.15, 0.2) is 0 Å². The summed E-state index contributed by atoms with van der Waals surface area (Å²) in [5.74, 6) is 0. The maximum atomic E-state index is 6.08. The van der Waals surface area contributed by atoms with Gasteiger partial charge in [-0.15, -0.1) is 11.3 Å². The molecule has 4 heteroatoms. The average Bonchev–Trinajstić information content (AvgIpc) is 2.84. The molecule has 0 aliphatic carbocycles. The van der Waals surface area contributed by atoms with Crippen LogP contribution in [0.4, 0.5) is 0 Å². The SMILES string of the molecule is Cc1nc(C(N)CCC2CCCO2)cs1. The van der Waals surface area contributed by atoms with E-state index in [4.69, 9.17) is 10.5 Å². The van der Waals surface area contributed by atoms with E-state index in [2.05, 4.69) is 10.4 Å². The van der Waals surface area contributed by atoms with E-state index < -0.39 is 0 Å². The highest BCUT2D eigenvalue weighted by atomic mass is 32.1. The average molecular weight is 226 g/mol. The summed E-state index contributed by atoms with van der Waals surface area (Å²) in [6.07, 6.45) is 4.89. The van der Waals surface area contributed by atoms with E-state index in [0.29, 0.717) is 6.10 Å². The monoisotopic (exact) mass is 226 g/mol. The molecule has 15 heavy (non-hydrogen) atoms. The van der Waals surface area contributed by atoms with Crippen molar-refractivity contribution >= 4 is 11.3 Å². The maximum Gasteiger partial charge on any atom is 0.0898 e. The topological polar surface area (TPSA) is 48.1 Å². The van der Waals surface area contributed by atoms with Gasteiger partial charge in [-0.25, -0.2) is 4.98 Å². The zero-order valence-electron chi connectivity index (χ0n) is 9.11. The van der Waals surface area contributed by atoms with Crippen LogP contribution in [-0.4, -0.2) is 17.7 Å². The molecule has 2 rings (SSSR count). The minimum absolute atomic E-state index is 0.0825. The summed E-state index contributed by atoms with van der Waals surface area (Å²) in [4.78, 5) is 4.41. The third kappa shape index (κ3) is 3.00. The largest absolute Gasteiger partial charge is 0.378 e. The summed E-state index contributed by atoms with van der Waals surface area (Å²) in [5.41, 5.74) is 7.11. The molecule has 1 aromatic heterocycles. The van der Waals surface area contributed by atoms with Crippen LogP contribution in [0.1, 0.15) is 42.4 Å². The van der Waals surface area contributed by atoms with Gasteiger partial charge >= 0.3 is 0 Å². The van der Waals surface area contributed by atoms with Crippen LogP contribution in [-0.2, 0) is 4.74 Å². The Bertz CT molecular complexity index is 307. The van der Waals surface area contributed by atoms with E-state index in [1.807, 2.05) is 6.92 Å². The van der Waals surface area contributed by atoms with Gasteiger partial charge in [-0.1, -0.05) is 0 Å². The van der Waals surface area contributed by atoms with Crippen molar-refractivity contribution in [1.29, 1.82) is 0 Å². The molecule has 1 fully saturated rings. The first-order valence-corrected chi connectivity index (χ1v) is 6.43. The van der Waals surface area contributed by atoms with Crippen LogP contribution in [0, 0.1) is 6.92 Å². The lowest BCUT2D eigenvalue weighted by molar-refractivity contribution is 0.101. The van der Waals surface area contributed by atoms with E-state index in [-0.39, 0.29) is 6.04 Å². The normalized spacial score (nSPS) is 23.2. The van der Waals surface area contributed by atoms with Gasteiger partial charge in [0.25, 0.3) is 0 Å². The number of ether oxygens (including phenoxy) is 1. The van der Waals surface area contributed by atoms with Crippen LogP contribution in [0.25, 0.3) is 0 Å². The quantitative estimate of drug-likeness (QED) is 0.857. The van der Waals surface area contributed by atoms with Gasteiger partial charge in [0.1, 0.15) is 0 Å². The van der Waals surface area contributed by atoms with Crippen molar-refractivity contribution in [2.45, 2.75) is 44.8 Å². The number of hydrogen-bond donors (Lipinski definition) is 1. The van der Waals surface area contributed by atoms with Gasteiger partial charge in [-0.2, -0.15) is 0 Å². The number of nitrogens with two attached hydrogens (primary N) is 1. The van der Waals surface area contributed by atoms with Crippen LogP contribution in [0.3, 0.4) is 0 Å². The predicted molar refractivity (Wildman–Crippen MR) is 62.0 cm³/mol. The molecule has 0 radical (unpaired) electrons. The second-order valence-electron chi connectivity index (χ2n) is 4.11. The third-order valence-electron chi connectivity index (χ3n) is 2.84. The molecule has 1 aliphatic heterocycles. The number of nitrogens with zero attached hydrogens (tertiary/aromatic N) is 1. The molecule has 0 spiro atoms. The van der Waals surface area contributed by atoms with Crippen molar-refractivity contribution in [3.05, 3.63) is 16.1 Å². The van der Waals surface area contributed by atoms with E-state index >= 15 is 0 Å². The molecule has 0 aromatic carbocycles. The Morgan fingerprint density at radius 2 is 2.60 bits per heavy atom. The highest BCUT2D eigenvalue weighted by Gasteiger charge is 2.17. The third-order valence-corrected chi connectivity index (χ3v) is 3.63. The molecule has 1 saturated heterocycles. The molecule has 0 bridgehead atoms. The fraction of sp³-hybridized carbons (Fsp3) is 0.727. The van der Waals surface area contributed by atoms with Crippen molar-refractivity contribution in [1.82, 2.24) is 4.98 Å². The minimum atomic E-state index is 0.0825. The lowest BCUT2D eigenvalue weighted by Gasteiger charge is -2.12. The number of hydrogen-bond acceptors (Lipinski definition) is 4. The summed E-state index contributed by atoms with van der Waals surface area (Å²) >= 11 is 1.67. The van der Waals surface area contributed by atoms with Crippen LogP contribution >= 0.6 is 11.3 Å². The molecule has 2 N–H and O–H groups in total. The Kier molecular flexibility index (Phi) is 3.72. The zero-order chi connectivity index (χ0) is 10.7. The predicted octanol–water partition coefficient (Wildman–Crippen LogP) is 2.41. The summed E-state index contributed by atoms with van der Waals surface area (Å²) in [6, 6.07) is 0.0825. The van der Waals surface area contributed by atoms with E-state index in [1.54, 1.807) is 11.3 Å². The summed E-state index contributed by atoms with van der Waals surface area (Å²) in [7, 11) is 0. The number of aromatic nitrogens is 1. The second kappa shape index (κ2) is 5.05. The van der Waals surface area contributed by atoms with Crippen molar-refractivity contribution in [3.63, 3.8) is 0 Å². The zero-order valence-corrected chi connectivity index (χ0v) is 9.93. The minimum Gasteiger partial charge on any atom is -0.378 e. The molecule has 3 nitrogen and oxygen atoms in total. The Morgan fingerprint density at radius 1 is 1.73 bits per heavy atom. The first-order valence-electron chi connectivity index (χ1n) is 5.55. The highest BCUT2D eigenvalue weighted by molar-refractivity contribution is 7.09. The summed E-state index contributed by atoms with van der Waals surface area (Å²) in [5, 5.41) is 3.16.